The van der Waals surface area contributed by atoms with Gasteiger partial charge in [0.1, 0.15) is 4.88 Å². The molecule has 8 nitrogen and oxygen atoms in total. The molecule has 0 aliphatic carbocycles. The van der Waals surface area contributed by atoms with Crippen LogP contribution in [0, 0.1) is 0 Å². The number of methoxy groups -OCH3 is 1. The van der Waals surface area contributed by atoms with Crippen LogP contribution in [0.1, 0.15) is 20.0 Å². The van der Waals surface area contributed by atoms with Gasteiger partial charge in [-0.3, -0.25) is 9.63 Å². The number of ether oxygens (including phenoxy) is 1. The Morgan fingerprint density at radius 2 is 1.92 bits per heavy atom. The number of sulfonamides is 1. The van der Waals surface area contributed by atoms with Crippen LogP contribution in [0.4, 0.5) is 5.69 Å². The molecule has 1 amide bonds. The van der Waals surface area contributed by atoms with Crippen molar-refractivity contribution in [3.05, 3.63) is 46.2 Å². The minimum absolute atomic E-state index is 0.0944. The fraction of sp³-hybridized carbons (Fsp3) is 0.200. The van der Waals surface area contributed by atoms with Crippen LogP contribution in [0.5, 0.6) is 0 Å². The predicted octanol–water partition coefficient (Wildman–Crippen LogP) is 1.97. The first kappa shape index (κ1) is 19.1. The van der Waals surface area contributed by atoms with E-state index in [9.17, 15) is 18.0 Å². The molecule has 0 aliphatic rings. The molecular formula is C15H16N2O6S2. The summed E-state index contributed by atoms with van der Waals surface area (Å²) < 4.78 is 29.8. The first-order valence-electron chi connectivity index (χ1n) is 6.91. The number of rotatable bonds is 6. The third kappa shape index (κ3) is 4.04. The number of nitrogens with one attached hydrogen (secondary N) is 1. The molecule has 1 N–H and O–H groups in total. The lowest BCUT2D eigenvalue weighted by Crippen LogP contribution is -2.26. The van der Waals surface area contributed by atoms with Crippen molar-refractivity contribution in [1.29, 1.82) is 0 Å². The summed E-state index contributed by atoms with van der Waals surface area (Å²) in [6.45, 7) is 0. The summed E-state index contributed by atoms with van der Waals surface area (Å²) in [4.78, 5) is 28.9. The van der Waals surface area contributed by atoms with Gasteiger partial charge in [0.2, 0.25) is 0 Å². The lowest BCUT2D eigenvalue weighted by Gasteiger charge is -2.14. The number of hydrogen-bond acceptors (Lipinski definition) is 7. The summed E-state index contributed by atoms with van der Waals surface area (Å²) in [7, 11) is -0.162. The highest BCUT2D eigenvalue weighted by atomic mass is 32.2. The maximum absolute atomic E-state index is 12.4. The number of hydroxylamine groups is 1. The number of anilines is 1. The van der Waals surface area contributed by atoms with Gasteiger partial charge in [0.25, 0.3) is 15.9 Å². The van der Waals surface area contributed by atoms with Crippen LogP contribution in [0.15, 0.2) is 40.6 Å². The van der Waals surface area contributed by atoms with E-state index in [1.54, 1.807) is 11.4 Å². The molecule has 2 aromatic rings. The Morgan fingerprint density at radius 1 is 1.20 bits per heavy atom. The molecule has 0 bridgehead atoms. The van der Waals surface area contributed by atoms with Crippen LogP contribution in [0.25, 0.3) is 0 Å². The van der Waals surface area contributed by atoms with Crippen LogP contribution in [-0.2, 0) is 19.6 Å². The van der Waals surface area contributed by atoms with E-state index in [4.69, 9.17) is 4.84 Å². The van der Waals surface area contributed by atoms with Gasteiger partial charge in [0.15, 0.2) is 0 Å². The number of esters is 1. The zero-order valence-electron chi connectivity index (χ0n) is 13.7. The van der Waals surface area contributed by atoms with E-state index in [2.05, 4.69) is 10.1 Å². The van der Waals surface area contributed by atoms with Crippen molar-refractivity contribution in [3.63, 3.8) is 0 Å². The largest absolute Gasteiger partial charge is 0.465 e. The van der Waals surface area contributed by atoms with E-state index in [1.807, 2.05) is 0 Å². The van der Waals surface area contributed by atoms with E-state index >= 15 is 0 Å². The molecule has 134 valence electrons. The number of carbonyl (C=O) groups excluding carboxylic acids is 2. The highest BCUT2D eigenvalue weighted by molar-refractivity contribution is 7.89. The van der Waals surface area contributed by atoms with Gasteiger partial charge in [-0.15, -0.1) is 11.3 Å². The van der Waals surface area contributed by atoms with Gasteiger partial charge in [0.05, 0.1) is 24.8 Å². The SMILES string of the molecule is COC(=O)c1sccc1NC(=O)c1cccc(S(=O)(=O)N(C)OC)c1. The van der Waals surface area contributed by atoms with E-state index in [1.165, 1.54) is 45.5 Å². The Morgan fingerprint density at radius 3 is 2.56 bits per heavy atom. The van der Waals surface area contributed by atoms with E-state index in [0.717, 1.165) is 11.3 Å². The lowest BCUT2D eigenvalue weighted by atomic mass is 10.2. The zero-order valence-corrected chi connectivity index (χ0v) is 15.3. The average Bonchev–Trinajstić information content (AvgIpc) is 3.08. The third-order valence-electron chi connectivity index (χ3n) is 3.27. The van der Waals surface area contributed by atoms with Gasteiger partial charge in [-0.1, -0.05) is 10.5 Å². The van der Waals surface area contributed by atoms with Gasteiger partial charge in [0, 0.05) is 12.6 Å². The van der Waals surface area contributed by atoms with Crippen molar-refractivity contribution in [1.82, 2.24) is 4.47 Å². The van der Waals surface area contributed by atoms with Gasteiger partial charge >= 0.3 is 5.97 Å². The minimum atomic E-state index is -3.87. The Kier molecular flexibility index (Phi) is 5.90. The molecule has 1 aromatic carbocycles. The Labute approximate surface area is 149 Å². The Bertz CT molecular complexity index is 891. The fourth-order valence-corrected chi connectivity index (χ4v) is 3.68. The van der Waals surface area contributed by atoms with Crippen LogP contribution in [0.2, 0.25) is 0 Å². The van der Waals surface area contributed by atoms with Gasteiger partial charge < -0.3 is 10.1 Å². The first-order chi connectivity index (χ1) is 11.8. The van der Waals surface area contributed by atoms with E-state index in [0.29, 0.717) is 10.2 Å². The zero-order chi connectivity index (χ0) is 18.6. The molecule has 0 unspecified atom stereocenters. The highest BCUT2D eigenvalue weighted by Gasteiger charge is 2.22. The number of amides is 1. The molecule has 0 radical (unpaired) electrons. The Hall–Kier alpha value is -2.27. The molecule has 1 heterocycles. The van der Waals surface area contributed by atoms with Crippen LogP contribution >= 0.6 is 11.3 Å². The number of benzene rings is 1. The highest BCUT2D eigenvalue weighted by Crippen LogP contribution is 2.24. The maximum Gasteiger partial charge on any atom is 0.350 e. The average molecular weight is 384 g/mol. The number of thiophene rings is 1. The van der Waals surface area contributed by atoms with E-state index in [-0.39, 0.29) is 15.3 Å². The smallest absolute Gasteiger partial charge is 0.350 e. The molecule has 0 fully saturated rings. The standard InChI is InChI=1S/C15H16N2O6S2/c1-17(23-3)25(20,21)11-6-4-5-10(9-11)14(18)16-12-7-8-24-13(12)15(19)22-2/h4-9H,1-3H3,(H,16,18). The summed E-state index contributed by atoms with van der Waals surface area (Å²) in [6.07, 6.45) is 0. The van der Waals surface area contributed by atoms with Crippen LogP contribution in [-0.4, -0.2) is 46.0 Å². The third-order valence-corrected chi connectivity index (χ3v) is 5.84. The molecule has 25 heavy (non-hydrogen) atoms. The van der Waals surface area contributed by atoms with Crippen molar-refractivity contribution < 1.29 is 27.6 Å². The predicted molar refractivity (Wildman–Crippen MR) is 92.0 cm³/mol. The number of hydrogen-bond donors (Lipinski definition) is 1. The second kappa shape index (κ2) is 7.74. The molecule has 0 saturated carbocycles. The topological polar surface area (TPSA) is 102 Å². The van der Waals surface area contributed by atoms with Crippen molar-refractivity contribution in [2.45, 2.75) is 4.90 Å². The second-order valence-electron chi connectivity index (χ2n) is 4.73. The normalized spacial score (nSPS) is 11.4. The summed E-state index contributed by atoms with van der Waals surface area (Å²) in [5.74, 6) is -1.12. The number of carbonyl (C=O) groups is 2. The summed E-state index contributed by atoms with van der Waals surface area (Å²) in [5.41, 5.74) is 0.414. The van der Waals surface area contributed by atoms with Gasteiger partial charge in [-0.25, -0.2) is 13.2 Å². The summed E-state index contributed by atoms with van der Waals surface area (Å²) in [5, 5.41) is 4.21. The molecule has 0 aliphatic heterocycles. The quantitative estimate of drug-likeness (QED) is 0.603. The molecule has 0 atom stereocenters. The van der Waals surface area contributed by atoms with Crippen LogP contribution < -0.4 is 5.32 Å². The molecule has 10 heteroatoms. The monoisotopic (exact) mass is 384 g/mol. The van der Waals surface area contributed by atoms with E-state index < -0.39 is 21.9 Å². The molecule has 2 rings (SSSR count). The minimum Gasteiger partial charge on any atom is -0.465 e. The Balaban J connectivity index is 2.29. The molecule has 1 aromatic heterocycles. The maximum atomic E-state index is 12.4. The van der Waals surface area contributed by atoms with Crippen molar-refractivity contribution in [2.75, 3.05) is 26.6 Å². The summed E-state index contributed by atoms with van der Waals surface area (Å²) >= 11 is 1.13. The second-order valence-corrected chi connectivity index (χ2v) is 7.59. The molecular weight excluding hydrogens is 368 g/mol. The van der Waals surface area contributed by atoms with Gasteiger partial charge in [-0.05, 0) is 29.6 Å². The van der Waals surface area contributed by atoms with Crippen molar-refractivity contribution >= 4 is 38.9 Å². The molecule has 0 saturated heterocycles. The van der Waals surface area contributed by atoms with Gasteiger partial charge in [-0.2, -0.15) is 0 Å². The van der Waals surface area contributed by atoms with Crippen molar-refractivity contribution in [2.24, 2.45) is 0 Å². The first-order valence-corrected chi connectivity index (χ1v) is 9.23. The van der Waals surface area contributed by atoms with Crippen molar-refractivity contribution in [3.8, 4) is 0 Å². The lowest BCUT2D eigenvalue weighted by molar-refractivity contribution is -0.0258. The molecule has 0 spiro atoms. The fourth-order valence-electron chi connectivity index (χ4n) is 1.90. The van der Waals surface area contributed by atoms with Crippen LogP contribution in [0.3, 0.4) is 0 Å². The number of nitrogens with zero attached hydrogens (tertiary/aromatic N) is 1. The summed E-state index contributed by atoms with van der Waals surface area (Å²) in [6, 6.07) is 7.05.